The van der Waals surface area contributed by atoms with E-state index in [1.54, 1.807) is 0 Å². The van der Waals surface area contributed by atoms with Crippen LogP contribution in [0.3, 0.4) is 0 Å². The second-order valence-corrected chi connectivity index (χ2v) is 9.13. The number of aromatic nitrogens is 3. The fourth-order valence-corrected chi connectivity index (χ4v) is 4.76. The van der Waals surface area contributed by atoms with Gasteiger partial charge in [-0.05, 0) is 63.0 Å². The Morgan fingerprint density at radius 1 is 0.903 bits per heavy atom. The summed E-state index contributed by atoms with van der Waals surface area (Å²) in [7, 11) is 0. The quantitative estimate of drug-likeness (QED) is 0.341. The molecule has 3 N–H and O–H groups in total. The molecule has 2 aliphatic rings. The molecule has 1 saturated carbocycles. The first-order chi connectivity index (χ1) is 15.2. The lowest BCUT2D eigenvalue weighted by Crippen LogP contribution is -2.35. The zero-order valence-corrected chi connectivity index (χ0v) is 19.4. The van der Waals surface area contributed by atoms with Gasteiger partial charge in [0.2, 0.25) is 17.8 Å². The summed E-state index contributed by atoms with van der Waals surface area (Å²) in [6.07, 6.45) is 10.0. The van der Waals surface area contributed by atoms with E-state index in [4.69, 9.17) is 4.98 Å². The standard InChI is InChI=1S/C23H35N7S/c1-2-30-15-7-10-19(30)16-24-21-27-22(25-17-8-5-3-4-6-9-17)29-23(28-21)26-18-11-13-20(31)14-12-18/h11-14,17,19,31H,2-10,15-16H2,1H3,(H3,24,25,26,27,28,29). The summed E-state index contributed by atoms with van der Waals surface area (Å²) in [5.74, 6) is 1.83. The minimum atomic E-state index is 0.430. The number of likely N-dealkylation sites (tertiary alicyclic amines) is 1. The first kappa shape index (κ1) is 22.1. The molecule has 4 rings (SSSR count). The van der Waals surface area contributed by atoms with Gasteiger partial charge < -0.3 is 16.0 Å². The van der Waals surface area contributed by atoms with Crippen LogP contribution in [0.15, 0.2) is 29.2 Å². The highest BCUT2D eigenvalue weighted by Crippen LogP contribution is 2.23. The fraction of sp³-hybridized carbons (Fsp3) is 0.609. The van der Waals surface area contributed by atoms with Crippen molar-refractivity contribution < 1.29 is 0 Å². The Hall–Kier alpha value is -2.06. The van der Waals surface area contributed by atoms with E-state index in [1.165, 1.54) is 57.9 Å². The third-order valence-electron chi connectivity index (χ3n) is 6.35. The van der Waals surface area contributed by atoms with Gasteiger partial charge >= 0.3 is 0 Å². The Labute approximate surface area is 191 Å². The Kier molecular flexibility index (Phi) is 7.86. The lowest BCUT2D eigenvalue weighted by Gasteiger charge is -2.23. The molecule has 1 atom stereocenters. The summed E-state index contributed by atoms with van der Waals surface area (Å²) in [5.41, 5.74) is 0.934. The van der Waals surface area contributed by atoms with E-state index in [-0.39, 0.29) is 0 Å². The lowest BCUT2D eigenvalue weighted by molar-refractivity contribution is 0.277. The highest BCUT2D eigenvalue weighted by atomic mass is 32.1. The molecule has 1 saturated heterocycles. The van der Waals surface area contributed by atoms with Crippen LogP contribution in [-0.2, 0) is 0 Å². The van der Waals surface area contributed by atoms with Crippen LogP contribution in [0, 0.1) is 0 Å². The van der Waals surface area contributed by atoms with Gasteiger partial charge in [-0.2, -0.15) is 15.0 Å². The fourth-order valence-electron chi connectivity index (χ4n) is 4.61. The van der Waals surface area contributed by atoms with Crippen LogP contribution in [0.1, 0.15) is 58.3 Å². The molecule has 2 heterocycles. The van der Waals surface area contributed by atoms with Crippen molar-refractivity contribution in [2.24, 2.45) is 0 Å². The van der Waals surface area contributed by atoms with Crippen molar-refractivity contribution in [1.82, 2.24) is 19.9 Å². The molecular formula is C23H35N7S. The van der Waals surface area contributed by atoms with Crippen LogP contribution in [0.5, 0.6) is 0 Å². The molecule has 2 aromatic rings. The third-order valence-corrected chi connectivity index (χ3v) is 6.65. The number of hydrogen-bond acceptors (Lipinski definition) is 8. The van der Waals surface area contributed by atoms with Gasteiger partial charge in [-0.25, -0.2) is 0 Å². The van der Waals surface area contributed by atoms with Crippen LogP contribution in [0.25, 0.3) is 0 Å². The number of nitrogens with zero attached hydrogens (tertiary/aromatic N) is 4. The van der Waals surface area contributed by atoms with Gasteiger partial charge in [0.15, 0.2) is 0 Å². The SMILES string of the molecule is CCN1CCCC1CNc1nc(Nc2ccc(S)cc2)nc(NC2CCCCCC2)n1. The largest absolute Gasteiger partial charge is 0.352 e. The monoisotopic (exact) mass is 441 g/mol. The molecular weight excluding hydrogens is 406 g/mol. The van der Waals surface area contributed by atoms with E-state index in [2.05, 4.69) is 50.4 Å². The van der Waals surface area contributed by atoms with E-state index >= 15 is 0 Å². The highest BCUT2D eigenvalue weighted by Gasteiger charge is 2.23. The molecule has 1 unspecified atom stereocenters. The van der Waals surface area contributed by atoms with Gasteiger partial charge in [0.25, 0.3) is 0 Å². The number of anilines is 4. The van der Waals surface area contributed by atoms with Crippen LogP contribution in [0.2, 0.25) is 0 Å². The average Bonchev–Trinajstić information content (AvgIpc) is 3.08. The maximum Gasteiger partial charge on any atom is 0.233 e. The van der Waals surface area contributed by atoms with E-state index in [9.17, 15) is 0 Å². The molecule has 0 spiro atoms. The summed E-state index contributed by atoms with van der Waals surface area (Å²) in [5, 5.41) is 10.4. The maximum absolute atomic E-state index is 4.71. The van der Waals surface area contributed by atoms with Crippen molar-refractivity contribution in [2.45, 2.75) is 75.3 Å². The second kappa shape index (κ2) is 11.0. The van der Waals surface area contributed by atoms with E-state index < -0.39 is 0 Å². The van der Waals surface area contributed by atoms with E-state index in [0.717, 1.165) is 23.7 Å². The Bertz CT molecular complexity index is 821. The van der Waals surface area contributed by atoms with Crippen LogP contribution >= 0.6 is 12.6 Å². The van der Waals surface area contributed by atoms with Crippen molar-refractivity contribution in [3.8, 4) is 0 Å². The van der Waals surface area contributed by atoms with Gasteiger partial charge in [0.05, 0.1) is 0 Å². The van der Waals surface area contributed by atoms with Gasteiger partial charge in [-0.1, -0.05) is 32.6 Å². The van der Waals surface area contributed by atoms with E-state index in [1.807, 2.05) is 24.3 Å². The summed E-state index contributed by atoms with van der Waals surface area (Å²) >= 11 is 4.37. The number of benzene rings is 1. The Morgan fingerprint density at radius 2 is 1.61 bits per heavy atom. The summed E-state index contributed by atoms with van der Waals surface area (Å²) in [6.45, 7) is 5.36. The number of likely N-dealkylation sites (N-methyl/N-ethyl adjacent to an activating group) is 1. The maximum atomic E-state index is 4.71. The Balaban J connectivity index is 1.49. The van der Waals surface area contributed by atoms with Crippen molar-refractivity contribution >= 4 is 36.2 Å². The van der Waals surface area contributed by atoms with Gasteiger partial charge in [-0.3, -0.25) is 4.90 Å². The van der Waals surface area contributed by atoms with Crippen molar-refractivity contribution in [3.63, 3.8) is 0 Å². The Morgan fingerprint density at radius 3 is 2.35 bits per heavy atom. The summed E-state index contributed by atoms with van der Waals surface area (Å²) < 4.78 is 0. The predicted molar refractivity (Wildman–Crippen MR) is 131 cm³/mol. The van der Waals surface area contributed by atoms with Crippen molar-refractivity contribution in [2.75, 3.05) is 35.6 Å². The topological polar surface area (TPSA) is 78.0 Å². The third kappa shape index (κ3) is 6.46. The lowest BCUT2D eigenvalue weighted by atomic mass is 10.1. The molecule has 1 aliphatic heterocycles. The molecule has 31 heavy (non-hydrogen) atoms. The summed E-state index contributed by atoms with van der Waals surface area (Å²) in [6, 6.07) is 8.84. The molecule has 8 heteroatoms. The number of hydrogen-bond donors (Lipinski definition) is 4. The van der Waals surface area contributed by atoms with E-state index in [0.29, 0.717) is 29.9 Å². The van der Waals surface area contributed by atoms with Gasteiger partial charge in [0.1, 0.15) is 0 Å². The number of rotatable bonds is 8. The summed E-state index contributed by atoms with van der Waals surface area (Å²) in [4.78, 5) is 17.5. The minimum Gasteiger partial charge on any atom is -0.352 e. The van der Waals surface area contributed by atoms with Crippen molar-refractivity contribution in [1.29, 1.82) is 0 Å². The van der Waals surface area contributed by atoms with Crippen molar-refractivity contribution in [3.05, 3.63) is 24.3 Å². The number of thiol groups is 1. The second-order valence-electron chi connectivity index (χ2n) is 8.62. The normalized spacial score (nSPS) is 20.4. The molecule has 168 valence electrons. The molecule has 2 fully saturated rings. The van der Waals surface area contributed by atoms with Crippen LogP contribution in [0.4, 0.5) is 23.5 Å². The molecule has 0 radical (unpaired) electrons. The van der Waals surface area contributed by atoms with Gasteiger partial charge in [0, 0.05) is 29.2 Å². The average molecular weight is 442 g/mol. The zero-order chi connectivity index (χ0) is 21.5. The van der Waals surface area contributed by atoms with Crippen LogP contribution < -0.4 is 16.0 Å². The first-order valence-electron chi connectivity index (χ1n) is 11.8. The molecule has 0 amide bonds. The smallest absolute Gasteiger partial charge is 0.233 e. The zero-order valence-electron chi connectivity index (χ0n) is 18.5. The van der Waals surface area contributed by atoms with Gasteiger partial charge in [-0.15, -0.1) is 12.6 Å². The molecule has 7 nitrogen and oxygen atoms in total. The number of nitrogens with one attached hydrogen (secondary N) is 3. The predicted octanol–water partition coefficient (Wildman–Crippen LogP) is 4.93. The first-order valence-corrected chi connectivity index (χ1v) is 12.2. The molecule has 0 bridgehead atoms. The van der Waals surface area contributed by atoms with Crippen LogP contribution in [-0.4, -0.2) is 51.6 Å². The molecule has 1 aliphatic carbocycles. The highest BCUT2D eigenvalue weighted by molar-refractivity contribution is 7.80. The minimum absolute atomic E-state index is 0.430. The molecule has 1 aromatic carbocycles. The molecule has 1 aromatic heterocycles.